The van der Waals surface area contributed by atoms with E-state index in [4.69, 9.17) is 5.73 Å². The monoisotopic (exact) mass is 300 g/mol. The third-order valence-electron chi connectivity index (χ3n) is 3.94. The highest BCUT2D eigenvalue weighted by Gasteiger charge is 2.25. The quantitative estimate of drug-likeness (QED) is 0.931. The number of hydrogen-bond donors (Lipinski definition) is 1. The lowest BCUT2D eigenvalue weighted by molar-refractivity contribution is -0.132. The molecule has 20 heavy (non-hydrogen) atoms. The number of hydrogen-bond acceptors (Lipinski definition) is 2. The van der Waals surface area contributed by atoms with E-state index in [0.29, 0.717) is 11.5 Å². The number of rotatable bonds is 3. The van der Waals surface area contributed by atoms with Gasteiger partial charge in [0.05, 0.1) is 6.42 Å². The van der Waals surface area contributed by atoms with Crippen LogP contribution in [0.5, 0.6) is 0 Å². The minimum Gasteiger partial charge on any atom is -0.342 e. The number of likely N-dealkylation sites (tertiary alicyclic amines) is 1. The van der Waals surface area contributed by atoms with E-state index in [1.807, 2.05) is 11.8 Å². The highest BCUT2D eigenvalue weighted by Crippen LogP contribution is 2.20. The molecule has 2 rings (SSSR count). The topological polar surface area (TPSA) is 46.3 Å². The van der Waals surface area contributed by atoms with E-state index in [-0.39, 0.29) is 36.6 Å². The maximum absolute atomic E-state index is 13.5. The van der Waals surface area contributed by atoms with Crippen LogP contribution < -0.4 is 5.73 Å². The zero-order valence-corrected chi connectivity index (χ0v) is 12.5. The number of carbonyl (C=O) groups excluding carboxylic acids is 1. The van der Waals surface area contributed by atoms with Gasteiger partial charge in [0.25, 0.3) is 0 Å². The molecule has 112 valence electrons. The lowest BCUT2D eigenvalue weighted by atomic mass is 9.91. The normalized spacial score (nSPS) is 17.4. The molecule has 3 nitrogen and oxygen atoms in total. The maximum atomic E-state index is 13.5. The average Bonchev–Trinajstić information content (AvgIpc) is 2.41. The predicted octanol–water partition coefficient (Wildman–Crippen LogP) is 2.38. The summed E-state index contributed by atoms with van der Waals surface area (Å²) < 4.78 is 13.5. The second-order valence-corrected chi connectivity index (χ2v) is 5.35. The lowest BCUT2D eigenvalue weighted by Crippen LogP contribution is -2.43. The third kappa shape index (κ3) is 4.18. The van der Waals surface area contributed by atoms with Crippen molar-refractivity contribution in [3.05, 3.63) is 35.6 Å². The molecule has 0 radical (unpaired) electrons. The van der Waals surface area contributed by atoms with Crippen molar-refractivity contribution >= 4 is 18.3 Å². The fourth-order valence-corrected chi connectivity index (χ4v) is 2.59. The van der Waals surface area contributed by atoms with Crippen LogP contribution in [0, 0.1) is 11.7 Å². The second kappa shape index (κ2) is 7.60. The zero-order valence-electron chi connectivity index (χ0n) is 11.7. The van der Waals surface area contributed by atoms with Gasteiger partial charge in [-0.05, 0) is 37.3 Å². The van der Waals surface area contributed by atoms with Gasteiger partial charge in [0.2, 0.25) is 5.91 Å². The molecule has 1 unspecified atom stereocenters. The molecule has 1 saturated heterocycles. The second-order valence-electron chi connectivity index (χ2n) is 5.35. The summed E-state index contributed by atoms with van der Waals surface area (Å²) in [5, 5.41) is 0. The van der Waals surface area contributed by atoms with E-state index >= 15 is 0 Å². The van der Waals surface area contributed by atoms with Gasteiger partial charge in [0, 0.05) is 19.1 Å². The predicted molar refractivity (Wildman–Crippen MR) is 80.3 cm³/mol. The van der Waals surface area contributed by atoms with E-state index in [1.54, 1.807) is 18.2 Å². The Morgan fingerprint density at radius 2 is 2.00 bits per heavy atom. The molecule has 0 aromatic heterocycles. The fraction of sp³-hybridized carbons (Fsp3) is 0.533. The summed E-state index contributed by atoms with van der Waals surface area (Å²) in [6, 6.07) is 6.64. The number of halogens is 2. The van der Waals surface area contributed by atoms with Crippen molar-refractivity contribution in [2.45, 2.75) is 32.2 Å². The van der Waals surface area contributed by atoms with Gasteiger partial charge in [-0.3, -0.25) is 4.79 Å². The molecule has 1 aromatic carbocycles. The summed E-state index contributed by atoms with van der Waals surface area (Å²) in [6.45, 7) is 3.49. The van der Waals surface area contributed by atoms with Crippen LogP contribution in [-0.2, 0) is 11.2 Å². The first-order valence-electron chi connectivity index (χ1n) is 6.84. The molecule has 5 heteroatoms. The Morgan fingerprint density at radius 3 is 2.55 bits per heavy atom. The maximum Gasteiger partial charge on any atom is 0.227 e. The Labute approximate surface area is 125 Å². The molecule has 1 atom stereocenters. The summed E-state index contributed by atoms with van der Waals surface area (Å²) in [6.07, 6.45) is 2.04. The van der Waals surface area contributed by atoms with Crippen molar-refractivity contribution in [3.63, 3.8) is 0 Å². The van der Waals surface area contributed by atoms with Gasteiger partial charge < -0.3 is 10.6 Å². The van der Waals surface area contributed by atoms with Gasteiger partial charge in [-0.15, -0.1) is 12.4 Å². The smallest absolute Gasteiger partial charge is 0.227 e. The molecule has 1 aliphatic heterocycles. The van der Waals surface area contributed by atoms with Gasteiger partial charge in [0.1, 0.15) is 5.82 Å². The Balaban J connectivity index is 0.00000200. The molecule has 1 aromatic rings. The minimum atomic E-state index is -0.304. The van der Waals surface area contributed by atoms with Crippen molar-refractivity contribution in [2.75, 3.05) is 13.1 Å². The average molecular weight is 301 g/mol. The molecule has 1 amide bonds. The van der Waals surface area contributed by atoms with Crippen LogP contribution in [0.2, 0.25) is 0 Å². The summed E-state index contributed by atoms with van der Waals surface area (Å²) in [4.78, 5) is 13.9. The molecule has 1 aliphatic rings. The highest BCUT2D eigenvalue weighted by molar-refractivity contribution is 5.85. The van der Waals surface area contributed by atoms with Crippen LogP contribution in [0.4, 0.5) is 4.39 Å². The van der Waals surface area contributed by atoms with Crippen molar-refractivity contribution < 1.29 is 9.18 Å². The summed E-state index contributed by atoms with van der Waals surface area (Å²) in [5.41, 5.74) is 6.35. The summed E-state index contributed by atoms with van der Waals surface area (Å²) >= 11 is 0. The number of carbonyl (C=O) groups is 1. The van der Waals surface area contributed by atoms with E-state index < -0.39 is 0 Å². The van der Waals surface area contributed by atoms with Gasteiger partial charge in [-0.2, -0.15) is 0 Å². The van der Waals surface area contributed by atoms with E-state index in [2.05, 4.69) is 0 Å². The van der Waals surface area contributed by atoms with E-state index in [0.717, 1.165) is 25.9 Å². The van der Waals surface area contributed by atoms with E-state index in [9.17, 15) is 9.18 Å². The zero-order chi connectivity index (χ0) is 13.8. The number of piperidine rings is 1. The molecule has 1 heterocycles. The fourth-order valence-electron chi connectivity index (χ4n) is 2.59. The minimum absolute atomic E-state index is 0. The Hall–Kier alpha value is -1.13. The van der Waals surface area contributed by atoms with Crippen LogP contribution in [0.15, 0.2) is 24.3 Å². The van der Waals surface area contributed by atoms with E-state index in [1.165, 1.54) is 6.07 Å². The molecule has 2 N–H and O–H groups in total. The largest absolute Gasteiger partial charge is 0.342 e. The first-order chi connectivity index (χ1) is 9.08. The third-order valence-corrected chi connectivity index (χ3v) is 3.94. The van der Waals surface area contributed by atoms with Crippen LogP contribution in [-0.4, -0.2) is 29.9 Å². The number of nitrogens with two attached hydrogens (primary N) is 1. The van der Waals surface area contributed by atoms with Crippen molar-refractivity contribution in [1.29, 1.82) is 0 Å². The summed E-state index contributed by atoms with van der Waals surface area (Å²) in [5.74, 6) is 0.201. The van der Waals surface area contributed by atoms with Crippen LogP contribution in [0.1, 0.15) is 25.3 Å². The molecular weight excluding hydrogens is 279 g/mol. The van der Waals surface area contributed by atoms with Gasteiger partial charge in [-0.1, -0.05) is 18.2 Å². The highest BCUT2D eigenvalue weighted by atomic mass is 35.5. The van der Waals surface area contributed by atoms with Crippen molar-refractivity contribution in [1.82, 2.24) is 4.90 Å². The molecule has 0 bridgehead atoms. The number of benzene rings is 1. The molecular formula is C15H22ClFN2O. The van der Waals surface area contributed by atoms with Gasteiger partial charge in [-0.25, -0.2) is 4.39 Å². The molecule has 0 spiro atoms. The van der Waals surface area contributed by atoms with Crippen molar-refractivity contribution in [2.24, 2.45) is 11.7 Å². The lowest BCUT2D eigenvalue weighted by Gasteiger charge is -2.33. The molecule has 1 fully saturated rings. The first-order valence-corrected chi connectivity index (χ1v) is 6.84. The summed E-state index contributed by atoms with van der Waals surface area (Å²) in [7, 11) is 0. The van der Waals surface area contributed by atoms with Crippen LogP contribution >= 0.6 is 12.4 Å². The Bertz CT molecular complexity index is 445. The standard InChI is InChI=1S/C15H21FN2O.ClH/c1-11(17)12-6-8-18(9-7-12)15(19)10-13-4-2-3-5-14(13)16;/h2-5,11-12H,6-10,17H2,1H3;1H. The molecule has 0 saturated carbocycles. The Morgan fingerprint density at radius 1 is 1.40 bits per heavy atom. The van der Waals surface area contributed by atoms with Crippen molar-refractivity contribution in [3.8, 4) is 0 Å². The van der Waals surface area contributed by atoms with Gasteiger partial charge in [0.15, 0.2) is 0 Å². The van der Waals surface area contributed by atoms with Crippen LogP contribution in [0.3, 0.4) is 0 Å². The Kier molecular flexibility index (Phi) is 6.43. The number of amides is 1. The van der Waals surface area contributed by atoms with Gasteiger partial charge >= 0.3 is 0 Å². The first kappa shape index (κ1) is 16.9. The molecule has 0 aliphatic carbocycles. The van der Waals surface area contributed by atoms with Crippen LogP contribution in [0.25, 0.3) is 0 Å². The SMILES string of the molecule is CC(N)C1CCN(C(=O)Cc2ccccc2F)CC1.Cl. The number of nitrogens with zero attached hydrogens (tertiary/aromatic N) is 1.